The number of benzene rings is 1. The van der Waals surface area contributed by atoms with Gasteiger partial charge in [-0.15, -0.1) is 11.3 Å². The molecule has 8 nitrogen and oxygen atoms in total. The molecule has 0 aliphatic carbocycles. The van der Waals surface area contributed by atoms with Crippen molar-refractivity contribution in [1.82, 2.24) is 14.9 Å². The number of nitrogens with one attached hydrogen (secondary N) is 2. The van der Waals surface area contributed by atoms with Gasteiger partial charge in [0.25, 0.3) is 0 Å². The van der Waals surface area contributed by atoms with Crippen LogP contribution >= 0.6 is 11.3 Å². The lowest BCUT2D eigenvalue weighted by Crippen LogP contribution is -2.49. The number of rotatable bonds is 17. The first kappa shape index (κ1) is 29.3. The van der Waals surface area contributed by atoms with E-state index in [9.17, 15) is 18.3 Å². The summed E-state index contributed by atoms with van der Waals surface area (Å²) in [5.74, 6) is 0.142. The lowest BCUT2D eigenvalue weighted by atomic mass is 10.1. The van der Waals surface area contributed by atoms with Gasteiger partial charge in [0.15, 0.2) is 0 Å². The molecule has 2 aromatic rings. The molecule has 10 heteroatoms. The summed E-state index contributed by atoms with van der Waals surface area (Å²) < 4.78 is 32.1. The van der Waals surface area contributed by atoms with E-state index >= 15 is 0 Å². The fourth-order valence-electron chi connectivity index (χ4n) is 3.74. The lowest BCUT2D eigenvalue weighted by Gasteiger charge is -2.25. The Morgan fingerprint density at radius 2 is 1.91 bits per heavy atom. The Kier molecular flexibility index (Phi) is 12.7. The van der Waals surface area contributed by atoms with Gasteiger partial charge in [0.1, 0.15) is 5.75 Å². The van der Waals surface area contributed by atoms with Crippen LogP contribution in [0.5, 0.6) is 5.75 Å². The number of nitrogens with zero attached hydrogens (tertiary/aromatic N) is 1. The Morgan fingerprint density at radius 3 is 2.54 bits per heavy atom. The molecule has 0 bridgehead atoms. The Morgan fingerprint density at radius 1 is 1.17 bits per heavy atom. The highest BCUT2D eigenvalue weighted by atomic mass is 32.2. The molecular formula is C25H39N3O5S2. The first-order valence-electron chi connectivity index (χ1n) is 12.1. The number of methoxy groups -OCH3 is 1. The van der Waals surface area contributed by atoms with Crippen molar-refractivity contribution >= 4 is 27.3 Å². The van der Waals surface area contributed by atoms with Crippen LogP contribution in [0.25, 0.3) is 0 Å². The number of sulfonamides is 1. The molecule has 0 fully saturated rings. The number of ether oxygens (including phenoxy) is 1. The van der Waals surface area contributed by atoms with E-state index in [0.717, 1.165) is 29.0 Å². The van der Waals surface area contributed by atoms with E-state index in [1.54, 1.807) is 18.4 Å². The van der Waals surface area contributed by atoms with Gasteiger partial charge in [-0.2, -0.15) is 0 Å². The van der Waals surface area contributed by atoms with Crippen LogP contribution in [-0.4, -0.2) is 68.4 Å². The molecule has 0 radical (unpaired) electrons. The van der Waals surface area contributed by atoms with Crippen LogP contribution in [0.2, 0.25) is 0 Å². The zero-order valence-corrected chi connectivity index (χ0v) is 22.5. The lowest BCUT2D eigenvalue weighted by molar-refractivity contribution is -0.122. The maximum Gasteiger partial charge on any atom is 0.221 e. The second-order valence-electron chi connectivity index (χ2n) is 8.47. The highest BCUT2D eigenvalue weighted by Crippen LogP contribution is 2.15. The third-order valence-corrected chi connectivity index (χ3v) is 8.33. The van der Waals surface area contributed by atoms with Gasteiger partial charge < -0.3 is 20.5 Å². The maximum absolute atomic E-state index is 12.7. The normalized spacial score (nSPS) is 13.5. The molecule has 2 atom stereocenters. The molecule has 3 N–H and O–H groups in total. The zero-order chi connectivity index (χ0) is 25.7. The van der Waals surface area contributed by atoms with Gasteiger partial charge >= 0.3 is 0 Å². The quantitative estimate of drug-likeness (QED) is 0.293. The van der Waals surface area contributed by atoms with E-state index in [0.29, 0.717) is 26.1 Å². The van der Waals surface area contributed by atoms with Crippen molar-refractivity contribution in [3.05, 3.63) is 52.2 Å². The Hall–Kier alpha value is -1.98. The molecule has 1 aromatic carbocycles. The molecule has 0 unspecified atom stereocenters. The fourth-order valence-corrected chi connectivity index (χ4v) is 6.12. The van der Waals surface area contributed by atoms with Crippen molar-refractivity contribution < 1.29 is 23.1 Å². The highest BCUT2D eigenvalue weighted by molar-refractivity contribution is 7.89. The van der Waals surface area contributed by atoms with Gasteiger partial charge in [-0.3, -0.25) is 4.79 Å². The number of aliphatic hydroxyl groups excluding tert-OH is 1. The Labute approximate surface area is 213 Å². The molecule has 0 saturated carbocycles. The first-order chi connectivity index (χ1) is 16.8. The zero-order valence-electron chi connectivity index (χ0n) is 20.9. The van der Waals surface area contributed by atoms with E-state index in [1.165, 1.54) is 4.31 Å². The van der Waals surface area contributed by atoms with Gasteiger partial charge in [0, 0.05) is 43.9 Å². The monoisotopic (exact) mass is 525 g/mol. The van der Waals surface area contributed by atoms with Crippen LogP contribution in [-0.2, 0) is 27.8 Å². The molecule has 1 heterocycles. The van der Waals surface area contributed by atoms with E-state index < -0.39 is 22.2 Å². The summed E-state index contributed by atoms with van der Waals surface area (Å²) in [4.78, 5) is 13.7. The summed E-state index contributed by atoms with van der Waals surface area (Å²) in [6, 6.07) is 11.0. The van der Waals surface area contributed by atoms with Gasteiger partial charge in [0.2, 0.25) is 15.9 Å². The molecule has 0 aliphatic heterocycles. The number of aliphatic hydroxyl groups is 1. The van der Waals surface area contributed by atoms with Crippen LogP contribution in [0.3, 0.4) is 0 Å². The molecular weight excluding hydrogens is 486 g/mol. The largest absolute Gasteiger partial charge is 0.497 e. The number of hydrogen-bond acceptors (Lipinski definition) is 7. The van der Waals surface area contributed by atoms with E-state index in [4.69, 9.17) is 4.74 Å². The Bertz CT molecular complexity index is 977. The number of carbonyl (C=O) groups excluding carboxylic acids is 1. The maximum atomic E-state index is 12.7. The summed E-state index contributed by atoms with van der Waals surface area (Å²) in [5, 5.41) is 18.9. The van der Waals surface area contributed by atoms with Crippen LogP contribution in [0.1, 0.15) is 43.6 Å². The van der Waals surface area contributed by atoms with Crippen molar-refractivity contribution in [2.24, 2.45) is 0 Å². The van der Waals surface area contributed by atoms with Gasteiger partial charge in [-0.05, 0) is 42.0 Å². The summed E-state index contributed by atoms with van der Waals surface area (Å²) in [6.45, 7) is 5.59. The summed E-state index contributed by atoms with van der Waals surface area (Å²) in [6.07, 6.45) is 0.930. The molecule has 196 valence electrons. The van der Waals surface area contributed by atoms with Crippen molar-refractivity contribution in [3.8, 4) is 5.75 Å². The van der Waals surface area contributed by atoms with Crippen LogP contribution in [0.4, 0.5) is 0 Å². The molecule has 0 aliphatic rings. The topological polar surface area (TPSA) is 108 Å². The van der Waals surface area contributed by atoms with E-state index in [1.807, 2.05) is 55.6 Å². The minimum Gasteiger partial charge on any atom is -0.497 e. The molecule has 35 heavy (non-hydrogen) atoms. The predicted octanol–water partition coefficient (Wildman–Crippen LogP) is 2.78. The smallest absolute Gasteiger partial charge is 0.221 e. The molecule has 0 saturated heterocycles. The van der Waals surface area contributed by atoms with Gasteiger partial charge in [-0.1, -0.05) is 32.0 Å². The number of carbonyl (C=O) groups is 1. The summed E-state index contributed by atoms with van der Waals surface area (Å²) >= 11 is 1.55. The minimum atomic E-state index is -3.51. The second-order valence-corrected chi connectivity index (χ2v) is 11.6. The van der Waals surface area contributed by atoms with Crippen molar-refractivity contribution in [1.29, 1.82) is 0 Å². The van der Waals surface area contributed by atoms with Crippen LogP contribution in [0, 0.1) is 0 Å². The fraction of sp³-hybridized carbons (Fsp3) is 0.560. The molecule has 1 amide bonds. The van der Waals surface area contributed by atoms with E-state index in [-0.39, 0.29) is 24.6 Å². The minimum absolute atomic E-state index is 0.142. The molecule has 1 aromatic heterocycles. The number of thiophene rings is 1. The van der Waals surface area contributed by atoms with Crippen molar-refractivity contribution in [2.45, 2.75) is 58.2 Å². The van der Waals surface area contributed by atoms with Crippen LogP contribution < -0.4 is 15.4 Å². The van der Waals surface area contributed by atoms with Crippen molar-refractivity contribution in [3.63, 3.8) is 0 Å². The first-order valence-corrected chi connectivity index (χ1v) is 14.6. The third-order valence-electron chi connectivity index (χ3n) is 5.56. The van der Waals surface area contributed by atoms with E-state index in [2.05, 4.69) is 10.6 Å². The Balaban J connectivity index is 1.95. The average Bonchev–Trinajstić information content (AvgIpc) is 3.35. The predicted molar refractivity (Wildman–Crippen MR) is 141 cm³/mol. The summed E-state index contributed by atoms with van der Waals surface area (Å²) in [7, 11) is -1.89. The summed E-state index contributed by atoms with van der Waals surface area (Å²) in [5.41, 5.74) is 1.02. The van der Waals surface area contributed by atoms with Gasteiger partial charge in [0.05, 0.1) is 25.0 Å². The van der Waals surface area contributed by atoms with Crippen molar-refractivity contribution in [2.75, 3.05) is 32.5 Å². The number of amides is 1. The molecule has 0 spiro atoms. The second kappa shape index (κ2) is 15.2. The SMILES string of the molecule is CCCN(CCC)S(=O)(=O)CCC(=O)N[C@@H](Cc1cccs1)[C@H](O)CNCc1cccc(OC)c1. The third kappa shape index (κ3) is 10.3. The average molecular weight is 526 g/mol. The van der Waals surface area contributed by atoms with Gasteiger partial charge in [-0.25, -0.2) is 12.7 Å². The highest BCUT2D eigenvalue weighted by Gasteiger charge is 2.25. The van der Waals surface area contributed by atoms with Crippen LogP contribution in [0.15, 0.2) is 41.8 Å². The molecule has 2 rings (SSSR count). The standard InChI is InChI=1S/C25H39N3O5S2/c1-4-12-28(13-5-2)35(31,32)15-11-25(30)27-23(17-22-10-7-14-34-22)24(29)19-26-18-20-8-6-9-21(16-20)33-3/h6-10,14,16,23-24,26,29H,4-5,11-13,15,17-19H2,1-3H3,(H,27,30)/t23-,24+/m0/s1. The number of hydrogen-bond donors (Lipinski definition) is 3.